The van der Waals surface area contributed by atoms with Crippen LogP contribution in [0.5, 0.6) is 0 Å². The first-order valence-electron chi connectivity index (χ1n) is 14.5. The van der Waals surface area contributed by atoms with E-state index in [-0.39, 0.29) is 46.9 Å². The van der Waals surface area contributed by atoms with Crippen molar-refractivity contribution in [3.05, 3.63) is 52.8 Å². The van der Waals surface area contributed by atoms with Crippen molar-refractivity contribution >= 4 is 40.9 Å². The van der Waals surface area contributed by atoms with E-state index in [0.717, 1.165) is 45.3 Å². The number of benzene rings is 2. The van der Waals surface area contributed by atoms with E-state index in [4.69, 9.17) is 17.3 Å². The van der Waals surface area contributed by atoms with Crippen LogP contribution in [0.4, 0.5) is 10.1 Å². The molecule has 3 N–H and O–H groups in total. The zero-order valence-electron chi connectivity index (χ0n) is 23.2. The highest BCUT2D eigenvalue weighted by molar-refractivity contribution is 6.30. The van der Waals surface area contributed by atoms with E-state index in [1.54, 1.807) is 17.0 Å². The molecule has 2 aromatic rings. The van der Waals surface area contributed by atoms with E-state index in [9.17, 15) is 23.6 Å². The summed E-state index contributed by atoms with van der Waals surface area (Å²) in [5, 5.41) is 3.62. The number of primary amides is 1. The molecule has 222 valence electrons. The second kappa shape index (κ2) is 11.6. The summed E-state index contributed by atoms with van der Waals surface area (Å²) in [7, 11) is 0. The summed E-state index contributed by atoms with van der Waals surface area (Å²) in [5.41, 5.74) is 6.58. The van der Waals surface area contributed by atoms with E-state index in [0.29, 0.717) is 18.2 Å². The Kier molecular flexibility index (Phi) is 7.91. The Labute approximate surface area is 248 Å². The number of piperidine rings is 1. The SMILES string of the molecule is NC(=O)CN1C(=O)C2CN(C(=O)C3CCCN3C3CCNCC3)CCN2C(=O)c2cc(-c3ccc(Cl)cc3F)ccc21. The third kappa shape index (κ3) is 5.25. The van der Waals surface area contributed by atoms with Crippen molar-refractivity contribution < 1.29 is 23.6 Å². The van der Waals surface area contributed by atoms with Gasteiger partial charge in [-0.15, -0.1) is 0 Å². The van der Waals surface area contributed by atoms with Crippen LogP contribution in [0, 0.1) is 5.82 Å². The molecule has 2 unspecified atom stereocenters. The Hall–Kier alpha value is -3.54. The largest absolute Gasteiger partial charge is 0.368 e. The number of piperazine rings is 1. The van der Waals surface area contributed by atoms with Gasteiger partial charge in [-0.05, 0) is 81.2 Å². The quantitative estimate of drug-likeness (QED) is 0.544. The van der Waals surface area contributed by atoms with E-state index < -0.39 is 36.1 Å². The van der Waals surface area contributed by atoms with E-state index in [2.05, 4.69) is 10.2 Å². The zero-order valence-corrected chi connectivity index (χ0v) is 24.0. The van der Waals surface area contributed by atoms with Gasteiger partial charge < -0.3 is 25.8 Å². The Bertz CT molecular complexity index is 1430. The number of carbonyl (C=O) groups excluding carboxylic acids is 4. The molecule has 10 nitrogen and oxygen atoms in total. The molecular formula is C30H34ClFN6O4. The summed E-state index contributed by atoms with van der Waals surface area (Å²) in [4.78, 5) is 60.6. The highest BCUT2D eigenvalue weighted by Gasteiger charge is 2.46. The average molecular weight is 597 g/mol. The molecule has 2 aromatic carbocycles. The van der Waals surface area contributed by atoms with Gasteiger partial charge in [-0.1, -0.05) is 17.7 Å². The Balaban J connectivity index is 1.30. The maximum atomic E-state index is 14.8. The second-order valence-corrected chi connectivity index (χ2v) is 11.9. The molecule has 4 aliphatic rings. The summed E-state index contributed by atoms with van der Waals surface area (Å²) in [6.07, 6.45) is 3.70. The van der Waals surface area contributed by atoms with Gasteiger partial charge in [-0.25, -0.2) is 4.39 Å². The normalized spacial score (nSPS) is 23.5. The molecule has 12 heteroatoms. The van der Waals surface area contributed by atoms with Crippen molar-refractivity contribution in [2.45, 2.75) is 43.8 Å². The van der Waals surface area contributed by atoms with Gasteiger partial charge in [0.25, 0.3) is 11.8 Å². The van der Waals surface area contributed by atoms with E-state index >= 15 is 0 Å². The Morgan fingerprint density at radius 1 is 1.00 bits per heavy atom. The summed E-state index contributed by atoms with van der Waals surface area (Å²) < 4.78 is 14.8. The monoisotopic (exact) mass is 596 g/mol. The Morgan fingerprint density at radius 3 is 2.52 bits per heavy atom. The molecule has 0 radical (unpaired) electrons. The number of hydrogen-bond acceptors (Lipinski definition) is 6. The molecule has 0 saturated carbocycles. The third-order valence-electron chi connectivity index (χ3n) is 8.93. The summed E-state index contributed by atoms with van der Waals surface area (Å²) in [5.74, 6) is -2.21. The number of halogens is 2. The maximum Gasteiger partial charge on any atom is 0.256 e. The number of nitrogens with zero attached hydrogens (tertiary/aromatic N) is 4. The third-order valence-corrected chi connectivity index (χ3v) is 9.17. The first kappa shape index (κ1) is 28.6. The number of nitrogens with one attached hydrogen (secondary N) is 1. The lowest BCUT2D eigenvalue weighted by Crippen LogP contribution is -2.63. The molecule has 4 heterocycles. The number of fused-ring (bicyclic) bond motifs is 2. The van der Waals surface area contributed by atoms with Crippen LogP contribution in [0.2, 0.25) is 5.02 Å². The van der Waals surface area contributed by atoms with Crippen molar-refractivity contribution in [1.82, 2.24) is 20.0 Å². The zero-order chi connectivity index (χ0) is 29.5. The predicted octanol–water partition coefficient (Wildman–Crippen LogP) is 1.85. The number of amides is 4. The lowest BCUT2D eigenvalue weighted by atomic mass is 10.00. The fourth-order valence-electron chi connectivity index (χ4n) is 6.88. The second-order valence-electron chi connectivity index (χ2n) is 11.4. The van der Waals surface area contributed by atoms with Crippen molar-refractivity contribution in [2.24, 2.45) is 5.73 Å². The van der Waals surface area contributed by atoms with Crippen LogP contribution in [0.15, 0.2) is 36.4 Å². The number of carbonyl (C=O) groups is 4. The molecule has 3 saturated heterocycles. The molecule has 6 rings (SSSR count). The van der Waals surface area contributed by atoms with Crippen LogP contribution in [0.25, 0.3) is 11.1 Å². The number of nitrogens with two attached hydrogens (primary N) is 1. The fourth-order valence-corrected chi connectivity index (χ4v) is 7.04. The smallest absolute Gasteiger partial charge is 0.256 e. The lowest BCUT2D eigenvalue weighted by molar-refractivity contribution is -0.141. The molecule has 0 aliphatic carbocycles. The minimum absolute atomic E-state index is 0.0188. The van der Waals surface area contributed by atoms with Crippen LogP contribution in [0.3, 0.4) is 0 Å². The van der Waals surface area contributed by atoms with Gasteiger partial charge in [0.05, 0.1) is 23.8 Å². The van der Waals surface area contributed by atoms with Crippen molar-refractivity contribution in [3.8, 4) is 11.1 Å². The topological polar surface area (TPSA) is 119 Å². The molecule has 3 fully saturated rings. The number of hydrogen-bond donors (Lipinski definition) is 2. The predicted molar refractivity (Wildman–Crippen MR) is 155 cm³/mol. The van der Waals surface area contributed by atoms with Gasteiger partial charge in [0.1, 0.15) is 18.4 Å². The van der Waals surface area contributed by atoms with Gasteiger partial charge in [0, 0.05) is 29.7 Å². The minimum atomic E-state index is -0.980. The number of rotatable bonds is 5. The number of anilines is 1. The van der Waals surface area contributed by atoms with Gasteiger partial charge in [0.15, 0.2) is 0 Å². The van der Waals surface area contributed by atoms with Crippen LogP contribution in [0.1, 0.15) is 36.0 Å². The van der Waals surface area contributed by atoms with Crippen molar-refractivity contribution in [3.63, 3.8) is 0 Å². The molecule has 42 heavy (non-hydrogen) atoms. The molecular weight excluding hydrogens is 563 g/mol. The van der Waals surface area contributed by atoms with Crippen molar-refractivity contribution in [1.29, 1.82) is 0 Å². The Morgan fingerprint density at radius 2 is 1.79 bits per heavy atom. The molecule has 0 bridgehead atoms. The lowest BCUT2D eigenvalue weighted by Gasteiger charge is -2.43. The van der Waals surface area contributed by atoms with Crippen molar-refractivity contribution in [2.75, 3.05) is 50.7 Å². The van der Waals surface area contributed by atoms with Gasteiger partial charge in [-0.2, -0.15) is 0 Å². The van der Waals surface area contributed by atoms with Crippen LogP contribution in [-0.2, 0) is 14.4 Å². The first-order valence-corrected chi connectivity index (χ1v) is 14.9. The fraction of sp³-hybridized carbons (Fsp3) is 0.467. The summed E-state index contributed by atoms with van der Waals surface area (Å²) >= 11 is 5.93. The van der Waals surface area contributed by atoms with Gasteiger partial charge >= 0.3 is 0 Å². The minimum Gasteiger partial charge on any atom is -0.368 e. The first-order chi connectivity index (χ1) is 20.2. The highest BCUT2D eigenvalue weighted by Crippen LogP contribution is 2.35. The van der Waals surface area contributed by atoms with E-state index in [1.165, 1.54) is 34.1 Å². The molecule has 0 spiro atoms. The molecule has 2 atom stereocenters. The number of likely N-dealkylation sites (tertiary alicyclic amines) is 1. The van der Waals surface area contributed by atoms with Gasteiger partial charge in [0.2, 0.25) is 11.8 Å². The average Bonchev–Trinajstić information content (AvgIpc) is 3.46. The van der Waals surface area contributed by atoms with Crippen LogP contribution >= 0.6 is 11.6 Å². The van der Waals surface area contributed by atoms with Gasteiger partial charge in [-0.3, -0.25) is 24.1 Å². The summed E-state index contributed by atoms with van der Waals surface area (Å²) in [6.45, 7) is 2.79. The van der Waals surface area contributed by atoms with Crippen LogP contribution in [-0.4, -0.2) is 102 Å². The van der Waals surface area contributed by atoms with Crippen LogP contribution < -0.4 is 16.0 Å². The maximum absolute atomic E-state index is 14.8. The molecule has 4 amide bonds. The summed E-state index contributed by atoms with van der Waals surface area (Å²) in [6, 6.07) is 8.05. The van der Waals surface area contributed by atoms with E-state index in [1.807, 2.05) is 0 Å². The highest BCUT2D eigenvalue weighted by atomic mass is 35.5. The molecule has 4 aliphatic heterocycles. The molecule has 0 aromatic heterocycles. The standard InChI is InChI=1S/C30H34ClFN6O4/c31-19-4-5-21(23(32)15-19)18-3-6-24-22(14-18)28(40)37-13-12-35(16-26(37)30(42)38(24)17-27(33)39)29(41)25-2-1-11-36(25)20-7-9-34-10-8-20/h3-6,14-15,20,25-26,34H,1-2,7-13,16-17H2,(H2,33,39).